The first kappa shape index (κ1) is 23.8. The van der Waals surface area contributed by atoms with E-state index in [9.17, 15) is 4.79 Å². The number of benzene rings is 1. The van der Waals surface area contributed by atoms with Crippen molar-refractivity contribution in [1.29, 1.82) is 0 Å². The standard InChI is InChI=1S/C28H37N5O2/c1-19(2)8-9-25-26-17-31(11-12-32(26)27(29-25)24-10-13-35-18-24)28(34)23-7-5-6-22(15-23)16-33-21(4)14-20(3)30-33/h5-7,14-15,19,24H,8-13,16-18H2,1-4H3. The van der Waals surface area contributed by atoms with Crippen molar-refractivity contribution in [2.45, 2.75) is 72.5 Å². The third-order valence-electron chi connectivity index (χ3n) is 7.27. The zero-order valence-electron chi connectivity index (χ0n) is 21.5. The Bertz CT molecular complexity index is 1200. The van der Waals surface area contributed by atoms with Gasteiger partial charge < -0.3 is 14.2 Å². The molecule has 2 aromatic heterocycles. The second kappa shape index (κ2) is 9.97. The summed E-state index contributed by atoms with van der Waals surface area (Å²) in [6.45, 7) is 12.9. The lowest BCUT2D eigenvalue weighted by molar-refractivity contribution is 0.0708. The summed E-state index contributed by atoms with van der Waals surface area (Å²) in [7, 11) is 0. The molecule has 35 heavy (non-hydrogen) atoms. The molecular formula is C28H37N5O2. The summed E-state index contributed by atoms with van der Waals surface area (Å²) in [6.07, 6.45) is 3.10. The summed E-state index contributed by atoms with van der Waals surface area (Å²) < 4.78 is 10.0. The van der Waals surface area contributed by atoms with Gasteiger partial charge in [0.2, 0.25) is 0 Å². The number of amides is 1. The van der Waals surface area contributed by atoms with Crippen LogP contribution in [-0.2, 0) is 30.8 Å². The largest absolute Gasteiger partial charge is 0.381 e. The number of nitrogens with zero attached hydrogens (tertiary/aromatic N) is 5. The van der Waals surface area contributed by atoms with Crippen LogP contribution >= 0.6 is 0 Å². The predicted molar refractivity (Wildman–Crippen MR) is 136 cm³/mol. The number of hydrogen-bond acceptors (Lipinski definition) is 4. The molecule has 1 unspecified atom stereocenters. The normalized spacial score (nSPS) is 17.9. The number of ether oxygens (including phenoxy) is 1. The molecule has 7 nitrogen and oxygen atoms in total. The van der Waals surface area contributed by atoms with Gasteiger partial charge in [0.05, 0.1) is 36.8 Å². The van der Waals surface area contributed by atoms with Crippen LogP contribution < -0.4 is 0 Å². The van der Waals surface area contributed by atoms with Crippen molar-refractivity contribution in [3.8, 4) is 0 Å². The summed E-state index contributed by atoms with van der Waals surface area (Å²) >= 11 is 0. The Hall–Kier alpha value is -2.93. The third kappa shape index (κ3) is 5.06. The molecule has 0 N–H and O–H groups in total. The number of imidazole rings is 1. The number of aromatic nitrogens is 4. The molecule has 3 aromatic rings. The number of rotatable bonds is 7. The predicted octanol–water partition coefficient (Wildman–Crippen LogP) is 4.49. The van der Waals surface area contributed by atoms with Gasteiger partial charge in [-0.1, -0.05) is 26.0 Å². The summed E-state index contributed by atoms with van der Waals surface area (Å²) in [5, 5.41) is 4.57. The molecule has 4 heterocycles. The van der Waals surface area contributed by atoms with Gasteiger partial charge in [-0.25, -0.2) is 4.98 Å². The molecule has 2 aliphatic heterocycles. The fraction of sp³-hybridized carbons (Fsp3) is 0.536. The Kier molecular flexibility index (Phi) is 6.78. The Morgan fingerprint density at radius 2 is 2.06 bits per heavy atom. The maximum Gasteiger partial charge on any atom is 0.254 e. The molecule has 1 amide bonds. The number of carbonyl (C=O) groups excluding carboxylic acids is 1. The van der Waals surface area contributed by atoms with Crippen LogP contribution in [0.1, 0.15) is 77.1 Å². The minimum atomic E-state index is 0.0910. The van der Waals surface area contributed by atoms with E-state index in [1.54, 1.807) is 0 Å². The average Bonchev–Trinajstić information content (AvgIpc) is 3.56. The van der Waals surface area contributed by atoms with Crippen LogP contribution in [0.25, 0.3) is 0 Å². The minimum absolute atomic E-state index is 0.0910. The lowest BCUT2D eigenvalue weighted by Crippen LogP contribution is -2.39. The molecule has 0 saturated carbocycles. The van der Waals surface area contributed by atoms with Crippen LogP contribution in [-0.4, -0.2) is 49.9 Å². The molecule has 0 aliphatic carbocycles. The first-order valence-electron chi connectivity index (χ1n) is 12.9. The van der Waals surface area contributed by atoms with E-state index < -0.39 is 0 Å². The Labute approximate surface area is 208 Å². The molecule has 0 bridgehead atoms. The Balaban J connectivity index is 1.36. The fourth-order valence-corrected chi connectivity index (χ4v) is 5.31. The lowest BCUT2D eigenvalue weighted by atomic mass is 10.0. The highest BCUT2D eigenvalue weighted by Gasteiger charge is 2.31. The maximum atomic E-state index is 13.6. The van der Waals surface area contributed by atoms with Gasteiger partial charge in [0.1, 0.15) is 5.82 Å². The van der Waals surface area contributed by atoms with Crippen molar-refractivity contribution in [3.63, 3.8) is 0 Å². The van der Waals surface area contributed by atoms with Gasteiger partial charge in [-0.15, -0.1) is 0 Å². The van der Waals surface area contributed by atoms with E-state index in [1.807, 2.05) is 34.7 Å². The van der Waals surface area contributed by atoms with Gasteiger partial charge in [0, 0.05) is 36.9 Å². The van der Waals surface area contributed by atoms with E-state index in [1.165, 1.54) is 5.69 Å². The SMILES string of the molecule is Cc1cc(C)n(Cc2cccc(C(=O)N3CCn4c(C5CCOC5)nc(CCC(C)C)c4C3)c2)n1. The van der Waals surface area contributed by atoms with Crippen LogP contribution in [0.5, 0.6) is 0 Å². The quantitative estimate of drug-likeness (QED) is 0.505. The third-order valence-corrected chi connectivity index (χ3v) is 7.27. The molecule has 1 fully saturated rings. The van der Waals surface area contributed by atoms with Crippen molar-refractivity contribution >= 4 is 5.91 Å². The van der Waals surface area contributed by atoms with E-state index in [0.717, 1.165) is 73.1 Å². The van der Waals surface area contributed by atoms with Gasteiger partial charge in [0.25, 0.3) is 5.91 Å². The highest BCUT2D eigenvalue weighted by Crippen LogP contribution is 2.30. The fourth-order valence-electron chi connectivity index (χ4n) is 5.31. The van der Waals surface area contributed by atoms with Crippen LogP contribution in [0.4, 0.5) is 0 Å². The van der Waals surface area contributed by atoms with Gasteiger partial charge in [-0.3, -0.25) is 9.48 Å². The zero-order valence-corrected chi connectivity index (χ0v) is 21.5. The highest BCUT2D eigenvalue weighted by molar-refractivity contribution is 5.94. The van der Waals surface area contributed by atoms with Crippen molar-refractivity contribution in [2.75, 3.05) is 19.8 Å². The minimum Gasteiger partial charge on any atom is -0.381 e. The van der Waals surface area contributed by atoms with Crippen LogP contribution in [0.2, 0.25) is 0 Å². The number of aryl methyl sites for hydroxylation is 3. The van der Waals surface area contributed by atoms with E-state index in [-0.39, 0.29) is 5.91 Å². The zero-order chi connectivity index (χ0) is 24.5. The lowest BCUT2D eigenvalue weighted by Gasteiger charge is -2.30. The molecule has 186 valence electrons. The highest BCUT2D eigenvalue weighted by atomic mass is 16.5. The van der Waals surface area contributed by atoms with E-state index in [4.69, 9.17) is 9.72 Å². The molecule has 2 aliphatic rings. The molecule has 1 saturated heterocycles. The smallest absolute Gasteiger partial charge is 0.254 e. The molecule has 5 rings (SSSR count). The summed E-state index contributed by atoms with van der Waals surface area (Å²) in [4.78, 5) is 20.7. The summed E-state index contributed by atoms with van der Waals surface area (Å²) in [5.74, 6) is 2.25. The molecular weight excluding hydrogens is 438 g/mol. The summed E-state index contributed by atoms with van der Waals surface area (Å²) in [6, 6.07) is 10.1. The second-order valence-electron chi connectivity index (χ2n) is 10.5. The Morgan fingerprint density at radius 3 is 2.77 bits per heavy atom. The van der Waals surface area contributed by atoms with E-state index in [2.05, 4.69) is 42.6 Å². The van der Waals surface area contributed by atoms with Gasteiger partial charge in [-0.2, -0.15) is 5.10 Å². The van der Waals surface area contributed by atoms with E-state index in [0.29, 0.717) is 31.5 Å². The number of fused-ring (bicyclic) bond motifs is 1. The topological polar surface area (TPSA) is 65.2 Å². The molecule has 1 atom stereocenters. The monoisotopic (exact) mass is 475 g/mol. The van der Waals surface area contributed by atoms with Gasteiger partial charge >= 0.3 is 0 Å². The van der Waals surface area contributed by atoms with E-state index >= 15 is 0 Å². The summed E-state index contributed by atoms with van der Waals surface area (Å²) in [5.41, 5.74) is 6.34. The second-order valence-corrected chi connectivity index (χ2v) is 10.5. The van der Waals surface area contributed by atoms with Gasteiger partial charge in [0.15, 0.2) is 0 Å². The van der Waals surface area contributed by atoms with Crippen molar-refractivity contribution < 1.29 is 9.53 Å². The molecule has 0 spiro atoms. The van der Waals surface area contributed by atoms with Crippen LogP contribution in [0.3, 0.4) is 0 Å². The molecule has 0 radical (unpaired) electrons. The average molecular weight is 476 g/mol. The first-order valence-corrected chi connectivity index (χ1v) is 12.9. The number of hydrogen-bond donors (Lipinski definition) is 0. The molecule has 7 heteroatoms. The van der Waals surface area contributed by atoms with Crippen LogP contribution in [0.15, 0.2) is 30.3 Å². The van der Waals surface area contributed by atoms with Gasteiger partial charge in [-0.05, 0) is 62.8 Å². The molecule has 1 aromatic carbocycles. The number of carbonyl (C=O) groups is 1. The van der Waals surface area contributed by atoms with Crippen molar-refractivity contribution in [1.82, 2.24) is 24.2 Å². The van der Waals surface area contributed by atoms with Crippen molar-refractivity contribution in [2.24, 2.45) is 5.92 Å². The maximum absolute atomic E-state index is 13.6. The van der Waals surface area contributed by atoms with Crippen molar-refractivity contribution in [3.05, 3.63) is 70.1 Å². The first-order chi connectivity index (χ1) is 16.9. The Morgan fingerprint density at radius 1 is 1.20 bits per heavy atom. The van der Waals surface area contributed by atoms with Crippen LogP contribution in [0, 0.1) is 19.8 Å².